The van der Waals surface area contributed by atoms with Crippen LogP contribution in [0.5, 0.6) is 11.5 Å². The molecule has 15 nitrogen and oxygen atoms in total. The summed E-state index contributed by atoms with van der Waals surface area (Å²) in [6.07, 6.45) is 6.51. The Bertz CT molecular complexity index is 2200. The first-order valence-electron chi connectivity index (χ1n) is 21.3. The molecule has 3 aromatic rings. The Kier molecular flexibility index (Phi) is 11.9. The molecular formula is C45H58N8O7. The smallest absolute Gasteiger partial charge is 0.317 e. The van der Waals surface area contributed by atoms with E-state index in [4.69, 9.17) is 9.47 Å². The van der Waals surface area contributed by atoms with E-state index in [1.54, 1.807) is 42.7 Å². The summed E-state index contributed by atoms with van der Waals surface area (Å²) < 4.78 is 13.6. The summed E-state index contributed by atoms with van der Waals surface area (Å²) in [6, 6.07) is 9.47. The molecule has 0 radical (unpaired) electrons. The zero-order chi connectivity index (χ0) is 42.2. The van der Waals surface area contributed by atoms with Crippen molar-refractivity contribution in [2.24, 2.45) is 13.0 Å². The predicted octanol–water partition coefficient (Wildman–Crippen LogP) is 3.29. The number of anilines is 1. The number of nitrogens with one attached hydrogen (secondary N) is 1. The molecule has 1 atom stereocenters. The lowest BCUT2D eigenvalue weighted by Crippen LogP contribution is -2.53. The van der Waals surface area contributed by atoms with Crippen LogP contribution in [0.4, 0.5) is 10.5 Å². The highest BCUT2D eigenvalue weighted by Crippen LogP contribution is 2.39. The first kappa shape index (κ1) is 41.3. The third-order valence-electron chi connectivity index (χ3n) is 13.6. The van der Waals surface area contributed by atoms with Crippen LogP contribution in [-0.4, -0.2) is 140 Å². The van der Waals surface area contributed by atoms with E-state index in [9.17, 15) is 24.0 Å². The van der Waals surface area contributed by atoms with Gasteiger partial charge in [0.15, 0.2) is 0 Å². The van der Waals surface area contributed by atoms with Crippen molar-refractivity contribution in [1.82, 2.24) is 34.4 Å². The summed E-state index contributed by atoms with van der Waals surface area (Å²) >= 11 is 0. The molecule has 320 valence electrons. The van der Waals surface area contributed by atoms with Gasteiger partial charge < -0.3 is 39.0 Å². The van der Waals surface area contributed by atoms with Crippen molar-refractivity contribution in [2.45, 2.75) is 64.2 Å². The number of aromatic nitrogens is 1. The van der Waals surface area contributed by atoms with Gasteiger partial charge in [0, 0.05) is 115 Å². The quantitative estimate of drug-likeness (QED) is 0.303. The number of methoxy groups -OCH3 is 2. The third kappa shape index (κ3) is 7.96. The van der Waals surface area contributed by atoms with Crippen molar-refractivity contribution in [2.75, 3.05) is 85.6 Å². The SMILES string of the molecule is CNC(=O)N1CCc2c(-c3cc(OC)c(CN4CCN(CCC5CCN(c6ccc7c(c6)C(=O)N(C6CCC(=O)N(C)C6=O)C7)CC5)CC4)c(OC)c3)cn(C)c(=O)c2C1. The van der Waals surface area contributed by atoms with Gasteiger partial charge in [0.2, 0.25) is 5.91 Å². The third-order valence-corrected chi connectivity index (χ3v) is 13.6. The van der Waals surface area contributed by atoms with Gasteiger partial charge in [-0.2, -0.15) is 0 Å². The number of urea groups is 1. The van der Waals surface area contributed by atoms with Crippen LogP contribution >= 0.6 is 0 Å². The van der Waals surface area contributed by atoms with E-state index >= 15 is 0 Å². The molecule has 2 aromatic carbocycles. The minimum atomic E-state index is -0.585. The molecule has 0 spiro atoms. The fourth-order valence-corrected chi connectivity index (χ4v) is 9.86. The van der Waals surface area contributed by atoms with Gasteiger partial charge in [0.1, 0.15) is 17.5 Å². The van der Waals surface area contributed by atoms with E-state index in [0.717, 1.165) is 109 Å². The van der Waals surface area contributed by atoms with Crippen LogP contribution in [-0.2, 0) is 42.7 Å². The fraction of sp³-hybridized carbons (Fsp3) is 0.533. The number of aryl methyl sites for hydroxylation is 1. The zero-order valence-corrected chi connectivity index (χ0v) is 35.6. The van der Waals surface area contributed by atoms with Gasteiger partial charge in [0.25, 0.3) is 17.4 Å². The van der Waals surface area contributed by atoms with Crippen LogP contribution in [0.25, 0.3) is 11.1 Å². The molecule has 15 heteroatoms. The Balaban J connectivity index is 0.831. The number of ether oxygens (including phenoxy) is 2. The molecule has 0 aliphatic carbocycles. The molecular weight excluding hydrogens is 765 g/mol. The predicted molar refractivity (Wildman–Crippen MR) is 227 cm³/mol. The maximum atomic E-state index is 13.5. The number of nitrogens with zero attached hydrogens (tertiary/aromatic N) is 7. The summed E-state index contributed by atoms with van der Waals surface area (Å²) in [4.78, 5) is 75.8. The van der Waals surface area contributed by atoms with Crippen molar-refractivity contribution < 1.29 is 28.7 Å². The number of hydrogen-bond acceptors (Lipinski definition) is 10. The van der Waals surface area contributed by atoms with Crippen molar-refractivity contribution in [3.8, 4) is 22.6 Å². The van der Waals surface area contributed by atoms with Gasteiger partial charge in [-0.1, -0.05) is 6.07 Å². The lowest BCUT2D eigenvalue weighted by Gasteiger charge is -2.37. The van der Waals surface area contributed by atoms with E-state index in [2.05, 4.69) is 26.1 Å². The molecule has 1 N–H and O–H groups in total. The zero-order valence-electron chi connectivity index (χ0n) is 35.6. The molecule has 0 saturated carbocycles. The number of likely N-dealkylation sites (tertiary alicyclic amines) is 1. The fourth-order valence-electron chi connectivity index (χ4n) is 9.86. The number of amides is 5. The number of fused-ring (bicyclic) bond motifs is 2. The minimum absolute atomic E-state index is 0.0908. The molecule has 3 fully saturated rings. The number of carbonyl (C=O) groups excluding carboxylic acids is 4. The molecule has 3 saturated heterocycles. The first-order chi connectivity index (χ1) is 29.0. The van der Waals surface area contributed by atoms with Gasteiger partial charge in [-0.3, -0.25) is 29.0 Å². The van der Waals surface area contributed by atoms with Crippen LogP contribution in [0.1, 0.15) is 64.7 Å². The van der Waals surface area contributed by atoms with E-state index < -0.39 is 6.04 Å². The van der Waals surface area contributed by atoms with Crippen LogP contribution in [0, 0.1) is 5.92 Å². The number of imide groups is 1. The van der Waals surface area contributed by atoms with E-state index in [1.165, 1.54) is 13.5 Å². The van der Waals surface area contributed by atoms with Gasteiger partial charge in [-0.05, 0) is 85.5 Å². The highest BCUT2D eigenvalue weighted by atomic mass is 16.5. The number of piperazine rings is 1. The molecule has 6 heterocycles. The standard InChI is InChI=1S/C45H58N8O7/c1-46-45(58)52-17-13-33-35(26-47(2)42(55)36(33)28-52)31-22-39(59-4)37(40(23-31)60-5)27-50-20-18-49(19-21-50)14-10-29-11-15-51(16-12-29)32-7-6-30-25-53(43(56)34(30)24-32)38-8-9-41(54)48(3)44(38)57/h6-7,22-24,26,29,38H,8-21,25,27-28H2,1-5H3,(H,46,58). The maximum absolute atomic E-state index is 13.5. The second-order valence-electron chi connectivity index (χ2n) is 17.0. The number of piperidine rings is 2. The molecule has 5 aliphatic rings. The number of likely N-dealkylation sites (N-methyl/N-ethyl adjacent to an activating group) is 1. The molecule has 0 bridgehead atoms. The average Bonchev–Trinajstić information content (AvgIpc) is 3.60. The van der Waals surface area contributed by atoms with Crippen LogP contribution < -0.4 is 25.2 Å². The second-order valence-corrected chi connectivity index (χ2v) is 17.0. The van der Waals surface area contributed by atoms with Gasteiger partial charge in [-0.25, -0.2) is 4.79 Å². The lowest BCUT2D eigenvalue weighted by molar-refractivity contribution is -0.150. The lowest BCUT2D eigenvalue weighted by atomic mass is 9.91. The number of carbonyl (C=O) groups is 4. The molecule has 1 aromatic heterocycles. The summed E-state index contributed by atoms with van der Waals surface area (Å²) in [5, 5.41) is 2.68. The topological polar surface area (TPSA) is 140 Å². The Morgan fingerprint density at radius 1 is 0.800 bits per heavy atom. The minimum Gasteiger partial charge on any atom is -0.496 e. The molecule has 5 amide bonds. The summed E-state index contributed by atoms with van der Waals surface area (Å²) in [6.45, 7) is 8.77. The second kappa shape index (κ2) is 17.3. The van der Waals surface area contributed by atoms with Gasteiger partial charge in [0.05, 0.1) is 26.3 Å². The van der Waals surface area contributed by atoms with E-state index in [1.807, 2.05) is 30.5 Å². The monoisotopic (exact) mass is 822 g/mol. The number of rotatable bonds is 10. The van der Waals surface area contributed by atoms with Gasteiger partial charge >= 0.3 is 6.03 Å². The average molecular weight is 823 g/mol. The molecule has 60 heavy (non-hydrogen) atoms. The van der Waals surface area contributed by atoms with E-state index in [-0.39, 0.29) is 42.3 Å². The number of benzene rings is 2. The Labute approximate surface area is 351 Å². The van der Waals surface area contributed by atoms with Crippen molar-refractivity contribution in [1.29, 1.82) is 0 Å². The normalized spacial score (nSPS) is 20.4. The Morgan fingerprint density at radius 3 is 2.18 bits per heavy atom. The maximum Gasteiger partial charge on any atom is 0.317 e. The van der Waals surface area contributed by atoms with Gasteiger partial charge in [-0.15, -0.1) is 0 Å². The van der Waals surface area contributed by atoms with Crippen LogP contribution in [0.2, 0.25) is 0 Å². The molecule has 5 aliphatic heterocycles. The van der Waals surface area contributed by atoms with Crippen LogP contribution in [0.3, 0.4) is 0 Å². The molecule has 8 rings (SSSR count). The molecule has 1 unspecified atom stereocenters. The number of hydrogen-bond donors (Lipinski definition) is 1. The van der Waals surface area contributed by atoms with Crippen molar-refractivity contribution in [3.05, 3.63) is 74.7 Å². The summed E-state index contributed by atoms with van der Waals surface area (Å²) in [5.41, 5.74) is 7.05. The van der Waals surface area contributed by atoms with Crippen LogP contribution in [0.15, 0.2) is 41.3 Å². The first-order valence-corrected chi connectivity index (χ1v) is 21.3. The highest BCUT2D eigenvalue weighted by molar-refractivity contribution is 6.05. The van der Waals surface area contributed by atoms with Crippen molar-refractivity contribution >= 4 is 29.4 Å². The largest absolute Gasteiger partial charge is 0.496 e. The highest BCUT2D eigenvalue weighted by Gasteiger charge is 2.41. The van der Waals surface area contributed by atoms with Crippen molar-refractivity contribution in [3.63, 3.8) is 0 Å². The Hall–Kier alpha value is -5.41. The number of pyridine rings is 1. The van der Waals surface area contributed by atoms with E-state index in [0.29, 0.717) is 49.5 Å². The summed E-state index contributed by atoms with van der Waals surface area (Å²) in [7, 11) is 8.23. The Morgan fingerprint density at radius 2 is 1.50 bits per heavy atom. The summed E-state index contributed by atoms with van der Waals surface area (Å²) in [5.74, 6) is 1.55.